The van der Waals surface area contributed by atoms with Crippen molar-refractivity contribution in [3.05, 3.63) is 85.1 Å². The van der Waals surface area contributed by atoms with E-state index in [2.05, 4.69) is 104 Å². The summed E-state index contributed by atoms with van der Waals surface area (Å²) in [6.07, 6.45) is 62.4. The molecule has 0 aliphatic carbocycles. The summed E-state index contributed by atoms with van der Waals surface area (Å²) in [5.41, 5.74) is 0. The van der Waals surface area contributed by atoms with Crippen LogP contribution in [0.5, 0.6) is 0 Å². The Hall–Kier alpha value is -3.03. The van der Waals surface area contributed by atoms with Gasteiger partial charge in [0.05, 0.1) is 38.6 Å². The quantitative estimate of drug-likeness (QED) is 0.0199. The molecule has 0 radical (unpaired) electrons. The number of nitrogens with one attached hydrogen (secondary N) is 1. The van der Waals surface area contributed by atoms with Gasteiger partial charge in [0.25, 0.3) is 0 Å². The summed E-state index contributed by atoms with van der Waals surface area (Å²) in [5, 5.41) is 121. The maximum absolute atomic E-state index is 13.5. The molecule has 0 saturated carbocycles. The van der Waals surface area contributed by atoms with Crippen LogP contribution in [0.2, 0.25) is 0 Å². The van der Waals surface area contributed by atoms with Gasteiger partial charge in [0, 0.05) is 6.42 Å². The van der Waals surface area contributed by atoms with Crippen LogP contribution in [0, 0.1) is 0 Å². The molecule has 0 aromatic carbocycles. The molecular weight excluding hydrogens is 1350 g/mol. The van der Waals surface area contributed by atoms with E-state index in [0.717, 1.165) is 96.3 Å². The number of hydrogen-bond donors (Lipinski definition) is 12. The largest absolute Gasteiger partial charge is 0.394 e. The van der Waals surface area contributed by atoms with E-state index in [0.29, 0.717) is 12.8 Å². The van der Waals surface area contributed by atoms with E-state index in [9.17, 15) is 61.0 Å². The van der Waals surface area contributed by atoms with Gasteiger partial charge in [-0.05, 0) is 70.6 Å². The molecule has 3 aliphatic rings. The molecule has 3 rings (SSSR count). The van der Waals surface area contributed by atoms with Gasteiger partial charge in [-0.15, -0.1) is 0 Å². The predicted octanol–water partition coefficient (Wildman–Crippen LogP) is 15.3. The Morgan fingerprint density at radius 3 is 1.02 bits per heavy atom. The summed E-state index contributed by atoms with van der Waals surface area (Å²) in [6.45, 7) is 1.73. The molecule has 616 valence electrons. The van der Waals surface area contributed by atoms with Crippen LogP contribution in [-0.4, -0.2) is 193 Å². The molecule has 0 spiro atoms. The zero-order chi connectivity index (χ0) is 76.7. The van der Waals surface area contributed by atoms with E-state index < -0.39 is 124 Å². The third-order valence-electron chi connectivity index (χ3n) is 21.0. The molecule has 19 heteroatoms. The fourth-order valence-corrected chi connectivity index (χ4v) is 14.2. The zero-order valence-electron chi connectivity index (χ0n) is 66.2. The van der Waals surface area contributed by atoms with Crippen molar-refractivity contribution in [3.63, 3.8) is 0 Å². The highest BCUT2D eigenvalue weighted by Crippen LogP contribution is 2.33. The molecule has 3 fully saturated rings. The number of rotatable bonds is 68. The highest BCUT2D eigenvalue weighted by Gasteiger charge is 2.54. The van der Waals surface area contributed by atoms with Gasteiger partial charge in [0.2, 0.25) is 5.91 Å². The van der Waals surface area contributed by atoms with Crippen LogP contribution in [0.3, 0.4) is 0 Å². The maximum Gasteiger partial charge on any atom is 0.220 e. The normalized spacial score (nSPS) is 26.1. The highest BCUT2D eigenvalue weighted by molar-refractivity contribution is 5.76. The minimum Gasteiger partial charge on any atom is -0.394 e. The van der Waals surface area contributed by atoms with Crippen LogP contribution in [-0.2, 0) is 33.2 Å². The molecule has 17 unspecified atom stereocenters. The van der Waals surface area contributed by atoms with E-state index in [1.807, 2.05) is 0 Å². The fourth-order valence-electron chi connectivity index (χ4n) is 14.2. The minimum absolute atomic E-state index is 0.245. The summed E-state index contributed by atoms with van der Waals surface area (Å²) in [6, 6.07) is -0.896. The molecule has 1 amide bonds. The van der Waals surface area contributed by atoms with Crippen molar-refractivity contribution < 1.29 is 89.4 Å². The van der Waals surface area contributed by atoms with E-state index in [4.69, 9.17) is 28.4 Å². The molecule has 3 heterocycles. The second-order valence-electron chi connectivity index (χ2n) is 30.3. The van der Waals surface area contributed by atoms with Gasteiger partial charge in [-0.2, -0.15) is 0 Å². The number of hydrogen-bond acceptors (Lipinski definition) is 18. The molecule has 0 bridgehead atoms. The lowest BCUT2D eigenvalue weighted by atomic mass is 9.96. The highest BCUT2D eigenvalue weighted by atomic mass is 16.8. The van der Waals surface area contributed by atoms with Gasteiger partial charge < -0.3 is 89.9 Å². The predicted molar refractivity (Wildman–Crippen MR) is 424 cm³/mol. The summed E-state index contributed by atoms with van der Waals surface area (Å²) in [5.74, 6) is -0.245. The fraction of sp³-hybridized carbons (Fsp3) is 0.828. The number of aliphatic hydroxyl groups excluding tert-OH is 11. The number of aliphatic hydroxyl groups is 11. The van der Waals surface area contributed by atoms with E-state index in [1.165, 1.54) is 199 Å². The third-order valence-corrected chi connectivity index (χ3v) is 21.0. The SMILES string of the molecule is CC/C=C\C/C=C\C/C=C\C/C=C\C/C=C\C/C=C\C/C=C\CCCCCCCCCCCCCC(=O)NC(COC1OC(CO)C(OC2OC(CO)C(OC3OC(CO)C(O)C(O)C3O)C(O)C2O)C(O)C1O)C(O)CCCCCCCCCCCCCCCCCCCCCCCCCCCCCC. The van der Waals surface area contributed by atoms with Crippen LogP contribution in [0.4, 0.5) is 0 Å². The number of carbonyl (C=O) groups is 1. The van der Waals surface area contributed by atoms with Crippen LogP contribution < -0.4 is 5.32 Å². The standard InChI is InChI=1S/C87H155NO18/c1-3-5-7-9-11-13-15-17-19-21-23-25-27-29-31-33-34-35-36-37-39-41-43-45-47-49-51-53-55-57-59-61-63-65-75(93)88-70(71(92)64-62-60-58-56-54-52-50-48-46-44-42-40-38-32-30-28-26-24-22-20-18-16-14-12-10-8-6-4-2)69-101-85-81(99)78(96)83(73(67-90)103-85)106-87-82(100)79(97)84(74(68-91)104-87)105-86-80(98)77(95)76(94)72(66-89)102-86/h5,7,11,13,17,19,23,25,29,31,34-35,37,39,70-74,76-87,89-92,94-100H,3-4,6,8-10,12,14-16,18,20-22,24,26-28,30,32-33,36,38,40-69H2,1-2H3,(H,88,93)/b7-5-,13-11-,19-17-,25-23-,31-29-,35-34-,39-37-. The van der Waals surface area contributed by atoms with Gasteiger partial charge in [0.1, 0.15) is 73.2 Å². The van der Waals surface area contributed by atoms with E-state index in [-0.39, 0.29) is 18.9 Å². The Morgan fingerprint density at radius 1 is 0.349 bits per heavy atom. The van der Waals surface area contributed by atoms with Gasteiger partial charge in [-0.3, -0.25) is 4.79 Å². The third kappa shape index (κ3) is 45.5. The lowest BCUT2D eigenvalue weighted by Gasteiger charge is -2.48. The minimum atomic E-state index is -1.98. The second-order valence-corrected chi connectivity index (χ2v) is 30.3. The lowest BCUT2D eigenvalue weighted by molar-refractivity contribution is -0.379. The number of allylic oxidation sites excluding steroid dienone is 14. The molecular formula is C87H155NO18. The number of ether oxygens (including phenoxy) is 6. The van der Waals surface area contributed by atoms with Crippen molar-refractivity contribution in [1.29, 1.82) is 0 Å². The van der Waals surface area contributed by atoms with Crippen LogP contribution >= 0.6 is 0 Å². The Labute approximate surface area is 641 Å². The van der Waals surface area contributed by atoms with Crippen molar-refractivity contribution in [2.45, 2.75) is 433 Å². The molecule has 12 N–H and O–H groups in total. The average Bonchev–Trinajstić information content (AvgIpc) is 0.781. The average molecular weight is 1500 g/mol. The first kappa shape index (κ1) is 97.2. The van der Waals surface area contributed by atoms with Gasteiger partial charge in [-0.1, -0.05) is 336 Å². The number of amides is 1. The first-order chi connectivity index (χ1) is 51.8. The van der Waals surface area contributed by atoms with Gasteiger partial charge >= 0.3 is 0 Å². The van der Waals surface area contributed by atoms with Gasteiger partial charge in [-0.25, -0.2) is 0 Å². The zero-order valence-corrected chi connectivity index (χ0v) is 66.2. The molecule has 3 aliphatic heterocycles. The summed E-state index contributed by atoms with van der Waals surface area (Å²) >= 11 is 0. The Morgan fingerprint density at radius 2 is 0.651 bits per heavy atom. The van der Waals surface area contributed by atoms with Crippen LogP contribution in [0.1, 0.15) is 328 Å². The summed E-state index contributed by atoms with van der Waals surface area (Å²) < 4.78 is 34.6. The van der Waals surface area contributed by atoms with Crippen LogP contribution in [0.15, 0.2) is 85.1 Å². The molecule has 0 aromatic heterocycles. The van der Waals surface area contributed by atoms with Crippen molar-refractivity contribution >= 4 is 5.91 Å². The Balaban J connectivity index is 1.35. The Kier molecular flexibility index (Phi) is 61.0. The molecule has 0 aromatic rings. The maximum atomic E-state index is 13.5. The molecule has 19 nitrogen and oxygen atoms in total. The number of carbonyl (C=O) groups excluding carboxylic acids is 1. The molecule has 106 heavy (non-hydrogen) atoms. The number of unbranched alkanes of at least 4 members (excludes halogenated alkanes) is 38. The molecule has 3 saturated heterocycles. The van der Waals surface area contributed by atoms with Crippen molar-refractivity contribution in [3.8, 4) is 0 Å². The van der Waals surface area contributed by atoms with Crippen molar-refractivity contribution in [2.75, 3.05) is 26.4 Å². The van der Waals surface area contributed by atoms with Gasteiger partial charge in [0.15, 0.2) is 18.9 Å². The second kappa shape index (κ2) is 66.6. The molecule has 17 atom stereocenters. The topological polar surface area (TPSA) is 307 Å². The van der Waals surface area contributed by atoms with Crippen molar-refractivity contribution in [1.82, 2.24) is 5.32 Å². The van der Waals surface area contributed by atoms with E-state index >= 15 is 0 Å². The lowest BCUT2D eigenvalue weighted by Crippen LogP contribution is -2.66. The summed E-state index contributed by atoms with van der Waals surface area (Å²) in [7, 11) is 0. The first-order valence-corrected chi connectivity index (χ1v) is 42.8. The van der Waals surface area contributed by atoms with E-state index in [1.54, 1.807) is 0 Å². The van der Waals surface area contributed by atoms with Crippen LogP contribution in [0.25, 0.3) is 0 Å². The first-order valence-electron chi connectivity index (χ1n) is 42.8. The Bertz CT molecular complexity index is 2240. The van der Waals surface area contributed by atoms with Crippen molar-refractivity contribution in [2.24, 2.45) is 0 Å². The summed E-state index contributed by atoms with van der Waals surface area (Å²) in [4.78, 5) is 13.5. The smallest absolute Gasteiger partial charge is 0.220 e. The monoisotopic (exact) mass is 1500 g/mol.